The second-order valence-corrected chi connectivity index (χ2v) is 5.25. The van der Waals surface area contributed by atoms with Gasteiger partial charge >= 0.3 is 6.18 Å². The molecule has 2 rings (SSSR count). The SMILES string of the molecule is Cl.Cl.Fc1cc([C@H](CCC(F)(F)F)N2CCNCC2)cc(F)c1F. The first-order chi connectivity index (χ1) is 10.3. The van der Waals surface area contributed by atoms with E-state index in [1.54, 1.807) is 4.90 Å². The fourth-order valence-corrected chi connectivity index (χ4v) is 2.62. The van der Waals surface area contributed by atoms with Crippen LogP contribution in [0, 0.1) is 17.5 Å². The van der Waals surface area contributed by atoms with E-state index in [0.717, 1.165) is 12.1 Å². The van der Waals surface area contributed by atoms with E-state index in [1.807, 2.05) is 0 Å². The highest BCUT2D eigenvalue weighted by Gasteiger charge is 2.32. The minimum absolute atomic E-state index is 0. The number of nitrogens with one attached hydrogen (secondary N) is 1. The molecule has 0 radical (unpaired) electrons. The zero-order chi connectivity index (χ0) is 16.3. The lowest BCUT2D eigenvalue weighted by Crippen LogP contribution is -2.45. The molecule has 24 heavy (non-hydrogen) atoms. The molecule has 1 atom stereocenters. The largest absolute Gasteiger partial charge is 0.389 e. The summed E-state index contributed by atoms with van der Waals surface area (Å²) in [5, 5.41) is 3.05. The molecule has 0 saturated carbocycles. The van der Waals surface area contributed by atoms with E-state index in [4.69, 9.17) is 0 Å². The molecule has 0 aromatic heterocycles. The van der Waals surface area contributed by atoms with Gasteiger partial charge in [-0.1, -0.05) is 0 Å². The summed E-state index contributed by atoms with van der Waals surface area (Å²) < 4.78 is 77.2. The molecule has 1 N–H and O–H groups in total. The second-order valence-electron chi connectivity index (χ2n) is 5.25. The van der Waals surface area contributed by atoms with Crippen molar-refractivity contribution in [1.82, 2.24) is 10.2 Å². The first kappa shape index (κ1) is 23.3. The van der Waals surface area contributed by atoms with Crippen LogP contribution < -0.4 is 5.32 Å². The monoisotopic (exact) mass is 398 g/mol. The zero-order valence-corrected chi connectivity index (χ0v) is 14.1. The van der Waals surface area contributed by atoms with Gasteiger partial charge < -0.3 is 5.32 Å². The smallest absolute Gasteiger partial charge is 0.314 e. The van der Waals surface area contributed by atoms with E-state index in [-0.39, 0.29) is 36.8 Å². The van der Waals surface area contributed by atoms with Crippen LogP contribution >= 0.6 is 24.8 Å². The molecule has 10 heteroatoms. The summed E-state index contributed by atoms with van der Waals surface area (Å²) >= 11 is 0. The van der Waals surface area contributed by atoms with Gasteiger partial charge in [-0.2, -0.15) is 13.2 Å². The molecule has 2 nitrogen and oxygen atoms in total. The maximum absolute atomic E-state index is 13.4. The van der Waals surface area contributed by atoms with Crippen LogP contribution in [0.15, 0.2) is 12.1 Å². The molecule has 0 spiro atoms. The van der Waals surface area contributed by atoms with Crippen LogP contribution in [0.4, 0.5) is 26.3 Å². The molecule has 1 aliphatic heterocycles. The molecule has 1 aromatic rings. The zero-order valence-electron chi connectivity index (χ0n) is 12.5. The van der Waals surface area contributed by atoms with E-state index >= 15 is 0 Å². The third-order valence-corrected chi connectivity index (χ3v) is 3.68. The fraction of sp³-hybridized carbons (Fsp3) is 0.571. The highest BCUT2D eigenvalue weighted by atomic mass is 35.5. The lowest BCUT2D eigenvalue weighted by atomic mass is 9.98. The van der Waals surface area contributed by atoms with Gasteiger partial charge in [0.15, 0.2) is 17.5 Å². The maximum Gasteiger partial charge on any atom is 0.389 e. The number of alkyl halides is 3. The number of hydrogen-bond acceptors (Lipinski definition) is 2. The number of hydrogen-bond donors (Lipinski definition) is 1. The first-order valence-corrected chi connectivity index (χ1v) is 6.94. The summed E-state index contributed by atoms with van der Waals surface area (Å²) in [6.45, 7) is 2.08. The van der Waals surface area contributed by atoms with Crippen LogP contribution in [0.5, 0.6) is 0 Å². The van der Waals surface area contributed by atoms with Crippen molar-refractivity contribution in [3.8, 4) is 0 Å². The van der Waals surface area contributed by atoms with Crippen LogP contribution in [0.25, 0.3) is 0 Å². The standard InChI is InChI=1S/C14H16F6N2.2ClH/c15-10-7-9(8-11(16)13(10)17)12(1-2-14(18,19)20)22-5-3-21-4-6-22;;/h7-8,12,21H,1-6H2;2*1H/t12-;;/m0../s1. The van der Waals surface area contributed by atoms with Gasteiger partial charge in [-0.3, -0.25) is 4.90 Å². The predicted octanol–water partition coefficient (Wildman–Crippen LogP) is 4.24. The number of rotatable bonds is 4. The van der Waals surface area contributed by atoms with Gasteiger partial charge in [0.2, 0.25) is 0 Å². The quantitative estimate of drug-likeness (QED) is 0.602. The number of benzene rings is 1. The Morgan fingerprint density at radius 3 is 1.96 bits per heavy atom. The highest BCUT2D eigenvalue weighted by molar-refractivity contribution is 5.85. The number of halogens is 8. The van der Waals surface area contributed by atoms with Gasteiger partial charge in [0, 0.05) is 38.6 Å². The summed E-state index contributed by atoms with van der Waals surface area (Å²) in [4.78, 5) is 1.73. The van der Waals surface area contributed by atoms with Crippen molar-refractivity contribution < 1.29 is 26.3 Å². The Labute approximate surface area is 148 Å². The Morgan fingerprint density at radius 1 is 1.00 bits per heavy atom. The Hall–Kier alpha value is -0.700. The van der Waals surface area contributed by atoms with Crippen LogP contribution in [0.3, 0.4) is 0 Å². The Bertz CT molecular complexity index is 497. The molecule has 0 amide bonds. The van der Waals surface area contributed by atoms with Crippen molar-refractivity contribution in [2.45, 2.75) is 25.1 Å². The van der Waals surface area contributed by atoms with E-state index in [1.165, 1.54) is 0 Å². The topological polar surface area (TPSA) is 15.3 Å². The highest BCUT2D eigenvalue weighted by Crippen LogP contribution is 2.32. The van der Waals surface area contributed by atoms with Gasteiger partial charge in [0.25, 0.3) is 0 Å². The van der Waals surface area contributed by atoms with Crippen LogP contribution in [0.1, 0.15) is 24.4 Å². The van der Waals surface area contributed by atoms with Crippen molar-refractivity contribution in [1.29, 1.82) is 0 Å². The van der Waals surface area contributed by atoms with Gasteiger partial charge in [-0.05, 0) is 24.1 Å². The Kier molecular flexibility index (Phi) is 9.41. The molecular weight excluding hydrogens is 381 g/mol. The second kappa shape index (κ2) is 9.70. The van der Waals surface area contributed by atoms with E-state index < -0.39 is 36.1 Å². The third kappa shape index (κ3) is 6.31. The van der Waals surface area contributed by atoms with E-state index in [0.29, 0.717) is 26.2 Å². The van der Waals surface area contributed by atoms with Gasteiger partial charge in [-0.25, -0.2) is 13.2 Å². The third-order valence-electron chi connectivity index (χ3n) is 3.68. The number of piperazine rings is 1. The minimum atomic E-state index is -4.36. The first-order valence-electron chi connectivity index (χ1n) is 6.94. The molecule has 0 unspecified atom stereocenters. The molecule has 1 heterocycles. The fourth-order valence-electron chi connectivity index (χ4n) is 2.62. The molecule has 1 aliphatic rings. The molecular formula is C14H18Cl2F6N2. The maximum atomic E-state index is 13.4. The lowest BCUT2D eigenvalue weighted by Gasteiger charge is -2.35. The average Bonchev–Trinajstić information content (AvgIpc) is 2.45. The van der Waals surface area contributed by atoms with Gasteiger partial charge in [0.05, 0.1) is 0 Å². The molecule has 1 aromatic carbocycles. The molecule has 140 valence electrons. The molecule has 1 saturated heterocycles. The van der Waals surface area contributed by atoms with Crippen LogP contribution in [0.2, 0.25) is 0 Å². The van der Waals surface area contributed by atoms with Gasteiger partial charge in [0.1, 0.15) is 0 Å². The molecule has 1 fully saturated rings. The molecule has 0 aliphatic carbocycles. The Balaban J connectivity index is 0.00000264. The van der Waals surface area contributed by atoms with Crippen molar-refractivity contribution in [3.63, 3.8) is 0 Å². The number of nitrogens with zero attached hydrogens (tertiary/aromatic N) is 1. The van der Waals surface area contributed by atoms with E-state index in [9.17, 15) is 26.3 Å². The normalized spacial score (nSPS) is 16.9. The average molecular weight is 399 g/mol. The molecule has 0 bridgehead atoms. The van der Waals surface area contributed by atoms with Gasteiger partial charge in [-0.15, -0.1) is 24.8 Å². The van der Waals surface area contributed by atoms with Crippen molar-refractivity contribution >= 4 is 24.8 Å². The van der Waals surface area contributed by atoms with E-state index in [2.05, 4.69) is 5.32 Å². The predicted molar refractivity (Wildman–Crippen MR) is 83.3 cm³/mol. The lowest BCUT2D eigenvalue weighted by molar-refractivity contribution is -0.138. The summed E-state index contributed by atoms with van der Waals surface area (Å²) in [5.74, 6) is -4.39. The Morgan fingerprint density at radius 2 is 1.50 bits per heavy atom. The summed E-state index contributed by atoms with van der Waals surface area (Å²) in [5.41, 5.74) is 0.0301. The van der Waals surface area contributed by atoms with Crippen molar-refractivity contribution in [3.05, 3.63) is 35.1 Å². The summed E-state index contributed by atoms with van der Waals surface area (Å²) in [6.07, 6.45) is -5.75. The van der Waals surface area contributed by atoms with Crippen molar-refractivity contribution in [2.75, 3.05) is 26.2 Å². The van der Waals surface area contributed by atoms with Crippen LogP contribution in [-0.2, 0) is 0 Å². The summed E-state index contributed by atoms with van der Waals surface area (Å²) in [7, 11) is 0. The minimum Gasteiger partial charge on any atom is -0.314 e. The van der Waals surface area contributed by atoms with Crippen LogP contribution in [-0.4, -0.2) is 37.3 Å². The summed E-state index contributed by atoms with van der Waals surface area (Å²) in [6, 6.07) is 0.761. The van der Waals surface area contributed by atoms with Crippen molar-refractivity contribution in [2.24, 2.45) is 0 Å².